The van der Waals surface area contributed by atoms with Crippen molar-refractivity contribution in [2.24, 2.45) is 5.92 Å². The van der Waals surface area contributed by atoms with Gasteiger partial charge in [0.15, 0.2) is 0 Å². The molecule has 0 amide bonds. The van der Waals surface area contributed by atoms with Gasteiger partial charge < -0.3 is 5.32 Å². The van der Waals surface area contributed by atoms with Gasteiger partial charge in [0.25, 0.3) is 0 Å². The fourth-order valence-electron chi connectivity index (χ4n) is 2.74. The molecule has 0 fully saturated rings. The van der Waals surface area contributed by atoms with Gasteiger partial charge in [-0.3, -0.25) is 0 Å². The summed E-state index contributed by atoms with van der Waals surface area (Å²) >= 11 is 0. The number of allylic oxidation sites excluding steroid dienone is 8. The topological polar surface area (TPSA) is 12.0 Å². The summed E-state index contributed by atoms with van der Waals surface area (Å²) in [7, 11) is 0. The Bertz CT molecular complexity index is 723. The van der Waals surface area contributed by atoms with E-state index in [9.17, 15) is 4.39 Å². The van der Waals surface area contributed by atoms with Gasteiger partial charge in [-0.1, -0.05) is 36.8 Å². The van der Waals surface area contributed by atoms with Crippen LogP contribution in [0, 0.1) is 18.3 Å². The highest BCUT2D eigenvalue weighted by atomic mass is 19.1. The van der Waals surface area contributed by atoms with Crippen LogP contribution in [-0.4, -0.2) is 5.54 Å². The average molecular weight is 339 g/mol. The highest BCUT2D eigenvalue weighted by Gasteiger charge is 2.20. The Morgan fingerprint density at radius 3 is 2.40 bits per heavy atom. The van der Waals surface area contributed by atoms with Crippen molar-refractivity contribution in [1.29, 1.82) is 0 Å². The molecule has 25 heavy (non-hydrogen) atoms. The van der Waals surface area contributed by atoms with Crippen LogP contribution in [0.5, 0.6) is 0 Å². The van der Waals surface area contributed by atoms with E-state index < -0.39 is 0 Å². The minimum Gasteiger partial charge on any atom is -0.380 e. The van der Waals surface area contributed by atoms with Crippen molar-refractivity contribution >= 4 is 0 Å². The molecule has 0 radical (unpaired) electrons. The summed E-state index contributed by atoms with van der Waals surface area (Å²) in [6.45, 7) is 20.7. The van der Waals surface area contributed by atoms with E-state index in [2.05, 4.69) is 65.1 Å². The Hall–Kier alpha value is -2.27. The molecule has 0 saturated heterocycles. The second kappa shape index (κ2) is 8.21. The number of halogens is 1. The van der Waals surface area contributed by atoms with Crippen LogP contribution in [-0.2, 0) is 0 Å². The predicted molar refractivity (Wildman–Crippen MR) is 108 cm³/mol. The smallest absolute Gasteiger partial charge is 0.134 e. The molecule has 134 valence electrons. The van der Waals surface area contributed by atoms with Crippen LogP contribution >= 0.6 is 0 Å². The Morgan fingerprint density at radius 2 is 1.92 bits per heavy atom. The largest absolute Gasteiger partial charge is 0.380 e. The molecule has 1 atom stereocenters. The average Bonchev–Trinajstić information content (AvgIpc) is 2.50. The summed E-state index contributed by atoms with van der Waals surface area (Å²) in [4.78, 5) is 0. The normalized spacial score (nSPS) is 17.8. The van der Waals surface area contributed by atoms with Crippen molar-refractivity contribution in [3.05, 3.63) is 70.8 Å². The van der Waals surface area contributed by atoms with E-state index in [1.807, 2.05) is 13.0 Å². The second-order valence-electron chi connectivity index (χ2n) is 7.76. The molecular formula is C23H30FN. The Balaban J connectivity index is 3.07. The molecule has 0 spiro atoms. The molecule has 1 aliphatic carbocycles. The van der Waals surface area contributed by atoms with E-state index in [4.69, 9.17) is 6.42 Å². The van der Waals surface area contributed by atoms with Crippen molar-refractivity contribution < 1.29 is 4.39 Å². The molecule has 1 N–H and O–H groups in total. The summed E-state index contributed by atoms with van der Waals surface area (Å²) < 4.78 is 13.7. The maximum atomic E-state index is 13.7. The zero-order valence-corrected chi connectivity index (χ0v) is 16.4. The van der Waals surface area contributed by atoms with Gasteiger partial charge in [0.1, 0.15) is 5.83 Å². The minimum absolute atomic E-state index is 0.0714. The van der Waals surface area contributed by atoms with Crippen molar-refractivity contribution in [1.82, 2.24) is 5.32 Å². The molecule has 0 aromatic heterocycles. The minimum atomic E-state index is -0.306. The summed E-state index contributed by atoms with van der Waals surface area (Å²) in [6.07, 6.45) is 11.4. The van der Waals surface area contributed by atoms with E-state index in [-0.39, 0.29) is 17.3 Å². The standard InChI is InChI=1S/C23H30FN/c1-10-19-14-20(11-12-22(19)24)21(15(2)3)13-16(4)17(5)18(6)25-23(7,8)9/h1,11-13,20,25H,5-6,14H2,2-4,7-9H3/b16-13+. The Morgan fingerprint density at radius 1 is 1.32 bits per heavy atom. The molecular weight excluding hydrogens is 309 g/mol. The van der Waals surface area contributed by atoms with Gasteiger partial charge in [-0.05, 0) is 70.8 Å². The summed E-state index contributed by atoms with van der Waals surface area (Å²) in [6, 6.07) is 0. The number of hydrogen-bond donors (Lipinski definition) is 1. The summed E-state index contributed by atoms with van der Waals surface area (Å²) in [5.41, 5.74) is 5.37. The highest BCUT2D eigenvalue weighted by Crippen LogP contribution is 2.32. The Kier molecular flexibility index (Phi) is 6.82. The molecule has 0 saturated carbocycles. The van der Waals surface area contributed by atoms with Crippen LogP contribution in [0.25, 0.3) is 0 Å². The molecule has 0 aromatic carbocycles. The van der Waals surface area contributed by atoms with Crippen LogP contribution in [0.15, 0.2) is 70.8 Å². The zero-order chi connectivity index (χ0) is 19.4. The first-order valence-electron chi connectivity index (χ1n) is 8.52. The lowest BCUT2D eigenvalue weighted by atomic mass is 9.84. The van der Waals surface area contributed by atoms with Gasteiger partial charge in [0.2, 0.25) is 0 Å². The van der Waals surface area contributed by atoms with Crippen LogP contribution in [0.2, 0.25) is 0 Å². The lowest BCUT2D eigenvalue weighted by Crippen LogP contribution is -2.35. The van der Waals surface area contributed by atoms with Crippen molar-refractivity contribution in [2.45, 2.75) is 53.5 Å². The number of terminal acetylenes is 1. The van der Waals surface area contributed by atoms with Crippen molar-refractivity contribution in [3.8, 4) is 12.3 Å². The third-order valence-corrected chi connectivity index (χ3v) is 4.08. The molecule has 0 bridgehead atoms. The van der Waals surface area contributed by atoms with E-state index in [0.29, 0.717) is 12.0 Å². The van der Waals surface area contributed by atoms with Crippen LogP contribution in [0.3, 0.4) is 0 Å². The molecule has 2 heteroatoms. The van der Waals surface area contributed by atoms with Crippen molar-refractivity contribution in [3.63, 3.8) is 0 Å². The fourth-order valence-corrected chi connectivity index (χ4v) is 2.74. The molecule has 0 aromatic rings. The van der Waals surface area contributed by atoms with Gasteiger partial charge in [-0.15, -0.1) is 6.42 Å². The lowest BCUT2D eigenvalue weighted by molar-refractivity contribution is 0.478. The first-order valence-corrected chi connectivity index (χ1v) is 8.52. The third kappa shape index (κ3) is 5.94. The highest BCUT2D eigenvalue weighted by molar-refractivity contribution is 5.48. The third-order valence-electron chi connectivity index (χ3n) is 4.08. The van der Waals surface area contributed by atoms with E-state index in [1.54, 1.807) is 0 Å². The summed E-state index contributed by atoms with van der Waals surface area (Å²) in [5.74, 6) is 2.23. The predicted octanol–water partition coefficient (Wildman–Crippen LogP) is 6.16. The number of hydrogen-bond acceptors (Lipinski definition) is 1. The monoisotopic (exact) mass is 339 g/mol. The number of rotatable bonds is 5. The maximum Gasteiger partial charge on any atom is 0.134 e. The maximum absolute atomic E-state index is 13.7. The van der Waals surface area contributed by atoms with E-state index in [1.165, 1.54) is 11.6 Å². The molecule has 0 aliphatic heterocycles. The van der Waals surface area contributed by atoms with Gasteiger partial charge in [-0.25, -0.2) is 4.39 Å². The quantitative estimate of drug-likeness (QED) is 0.467. The van der Waals surface area contributed by atoms with Crippen LogP contribution in [0.4, 0.5) is 4.39 Å². The van der Waals surface area contributed by atoms with Crippen LogP contribution in [0.1, 0.15) is 48.0 Å². The first kappa shape index (κ1) is 20.8. The molecule has 1 aliphatic rings. The fraction of sp³-hybridized carbons (Fsp3) is 0.391. The second-order valence-corrected chi connectivity index (χ2v) is 7.76. The van der Waals surface area contributed by atoms with Crippen LogP contribution < -0.4 is 5.32 Å². The molecule has 1 unspecified atom stereocenters. The first-order chi connectivity index (χ1) is 11.5. The number of nitrogens with one attached hydrogen (secondary N) is 1. The van der Waals surface area contributed by atoms with Gasteiger partial charge in [0, 0.05) is 22.7 Å². The molecule has 1 rings (SSSR count). The van der Waals surface area contributed by atoms with E-state index >= 15 is 0 Å². The molecule has 1 nitrogen and oxygen atoms in total. The van der Waals surface area contributed by atoms with Gasteiger partial charge in [0.05, 0.1) is 0 Å². The summed E-state index contributed by atoms with van der Waals surface area (Å²) in [5, 5.41) is 3.36. The van der Waals surface area contributed by atoms with Crippen molar-refractivity contribution in [2.75, 3.05) is 0 Å². The zero-order valence-electron chi connectivity index (χ0n) is 16.4. The SMILES string of the molecule is C#CC1=C(F)C=CC(C(/C=C(\C)C(=C)C(=C)NC(C)(C)C)=C(C)C)C1. The van der Waals surface area contributed by atoms with E-state index in [0.717, 1.165) is 22.4 Å². The lowest BCUT2D eigenvalue weighted by Gasteiger charge is -2.26. The molecule has 0 heterocycles. The van der Waals surface area contributed by atoms with Gasteiger partial charge in [-0.2, -0.15) is 0 Å². The van der Waals surface area contributed by atoms with Gasteiger partial charge >= 0.3 is 0 Å². The Labute approximate surface area is 152 Å².